The summed E-state index contributed by atoms with van der Waals surface area (Å²) in [6.45, 7) is 2.28. The van der Waals surface area contributed by atoms with Crippen LogP contribution in [0.15, 0.2) is 12.2 Å². The number of rotatable bonds is 22. The maximum absolute atomic E-state index is 5.46. The van der Waals surface area contributed by atoms with E-state index in [9.17, 15) is 0 Å². The van der Waals surface area contributed by atoms with E-state index in [0.717, 1.165) is 12.5 Å². The summed E-state index contributed by atoms with van der Waals surface area (Å²) in [6, 6.07) is 0.933. The summed E-state index contributed by atoms with van der Waals surface area (Å²) in [5.74, 6) is 0. The molecule has 0 fully saturated rings. The minimum Gasteiger partial charge on any atom is -0.377 e. The van der Waals surface area contributed by atoms with E-state index in [1.807, 2.05) is 0 Å². The molecule has 0 bridgehead atoms. The molecule has 0 aromatic heterocycles. The topological polar surface area (TPSA) is 27.7 Å². The second kappa shape index (κ2) is 21.5. The Hall–Kier alpha value is -0.163. The number of hydrogen-bond donors (Lipinski definition) is 0. The van der Waals surface area contributed by atoms with Gasteiger partial charge < -0.3 is 13.3 Å². The van der Waals surface area contributed by atoms with Crippen LogP contribution in [0.1, 0.15) is 116 Å². The maximum Gasteiger partial charge on any atom is 0.500 e. The highest BCUT2D eigenvalue weighted by atomic mass is 28.4. The van der Waals surface area contributed by atoms with Gasteiger partial charge in [0.2, 0.25) is 0 Å². The van der Waals surface area contributed by atoms with E-state index in [0.29, 0.717) is 0 Å². The van der Waals surface area contributed by atoms with Gasteiger partial charge in [0.05, 0.1) is 0 Å². The van der Waals surface area contributed by atoms with Gasteiger partial charge in [-0.05, 0) is 32.1 Å². The van der Waals surface area contributed by atoms with Crippen LogP contribution in [0.4, 0.5) is 0 Å². The van der Waals surface area contributed by atoms with E-state index in [-0.39, 0.29) is 0 Å². The van der Waals surface area contributed by atoms with E-state index in [2.05, 4.69) is 19.1 Å². The van der Waals surface area contributed by atoms with E-state index in [1.54, 1.807) is 21.3 Å². The summed E-state index contributed by atoms with van der Waals surface area (Å²) in [4.78, 5) is 0. The third-order valence-electron chi connectivity index (χ3n) is 5.68. The Morgan fingerprint density at radius 2 is 0.857 bits per heavy atom. The van der Waals surface area contributed by atoms with Gasteiger partial charge in [0.25, 0.3) is 0 Å². The van der Waals surface area contributed by atoms with Crippen molar-refractivity contribution in [1.82, 2.24) is 0 Å². The van der Waals surface area contributed by atoms with Crippen LogP contribution in [0, 0.1) is 0 Å². The minimum absolute atomic E-state index is 0.933. The third-order valence-corrected chi connectivity index (χ3v) is 8.51. The Labute approximate surface area is 178 Å². The van der Waals surface area contributed by atoms with Crippen LogP contribution in [0.5, 0.6) is 0 Å². The zero-order chi connectivity index (χ0) is 20.8. The fraction of sp³-hybridized carbons (Fsp3) is 0.917. The third kappa shape index (κ3) is 16.8. The van der Waals surface area contributed by atoms with Crippen LogP contribution in [-0.4, -0.2) is 30.1 Å². The average Bonchev–Trinajstić information content (AvgIpc) is 2.73. The summed E-state index contributed by atoms with van der Waals surface area (Å²) in [7, 11) is 2.76. The lowest BCUT2D eigenvalue weighted by atomic mass is 10.1. The molecule has 0 aliphatic rings. The monoisotopic (exact) mass is 414 g/mol. The van der Waals surface area contributed by atoms with E-state index < -0.39 is 8.80 Å². The van der Waals surface area contributed by atoms with Crippen molar-refractivity contribution in [2.75, 3.05) is 21.3 Å². The molecule has 0 spiro atoms. The van der Waals surface area contributed by atoms with Crippen molar-refractivity contribution in [2.24, 2.45) is 0 Å². The van der Waals surface area contributed by atoms with Crippen LogP contribution in [-0.2, 0) is 13.3 Å². The van der Waals surface area contributed by atoms with Gasteiger partial charge in [0, 0.05) is 27.4 Å². The van der Waals surface area contributed by atoms with Crippen LogP contribution in [0.3, 0.4) is 0 Å². The van der Waals surface area contributed by atoms with Crippen LogP contribution in [0.2, 0.25) is 6.04 Å². The summed E-state index contributed by atoms with van der Waals surface area (Å²) in [5.41, 5.74) is 0. The molecule has 28 heavy (non-hydrogen) atoms. The molecular weight excluding hydrogens is 364 g/mol. The lowest BCUT2D eigenvalue weighted by molar-refractivity contribution is 0.122. The number of hydrogen-bond acceptors (Lipinski definition) is 3. The quantitative estimate of drug-likeness (QED) is 0.102. The van der Waals surface area contributed by atoms with E-state index in [1.165, 1.54) is 103 Å². The maximum atomic E-state index is 5.46. The van der Waals surface area contributed by atoms with Crippen LogP contribution < -0.4 is 0 Å². The smallest absolute Gasteiger partial charge is 0.377 e. The highest BCUT2D eigenvalue weighted by molar-refractivity contribution is 6.60. The fourth-order valence-corrected chi connectivity index (χ4v) is 5.47. The molecule has 0 saturated heterocycles. The molecule has 0 radical (unpaired) electrons. The molecule has 0 aromatic carbocycles. The van der Waals surface area contributed by atoms with Crippen molar-refractivity contribution < 1.29 is 13.3 Å². The van der Waals surface area contributed by atoms with Crippen LogP contribution >= 0.6 is 0 Å². The fourth-order valence-electron chi connectivity index (χ4n) is 3.68. The molecule has 0 aliphatic heterocycles. The summed E-state index contributed by atoms with van der Waals surface area (Å²) in [5, 5.41) is 0. The number of allylic oxidation sites excluding steroid dienone is 2. The van der Waals surface area contributed by atoms with Gasteiger partial charge in [-0.3, -0.25) is 0 Å². The molecule has 0 heterocycles. The van der Waals surface area contributed by atoms with Gasteiger partial charge in [0.1, 0.15) is 0 Å². The molecule has 0 aliphatic carbocycles. The van der Waals surface area contributed by atoms with Gasteiger partial charge >= 0.3 is 8.80 Å². The Bertz CT molecular complexity index is 322. The SMILES string of the molecule is CCCCCCCC/C=C\CCCCCCCCCCC[Si](OC)(OC)OC. The Morgan fingerprint density at radius 1 is 0.500 bits per heavy atom. The average molecular weight is 415 g/mol. The molecule has 0 rings (SSSR count). The molecular formula is C24H50O3Si. The van der Waals surface area contributed by atoms with Crippen molar-refractivity contribution in [1.29, 1.82) is 0 Å². The van der Waals surface area contributed by atoms with Gasteiger partial charge in [0.15, 0.2) is 0 Å². The Balaban J connectivity index is 3.26. The van der Waals surface area contributed by atoms with Gasteiger partial charge in [-0.1, -0.05) is 96.1 Å². The normalized spacial score (nSPS) is 12.3. The molecule has 4 heteroatoms. The van der Waals surface area contributed by atoms with Crippen molar-refractivity contribution in [3.05, 3.63) is 12.2 Å². The number of unbranched alkanes of at least 4 members (excludes halogenated alkanes) is 15. The minimum atomic E-state index is -2.34. The lowest BCUT2D eigenvalue weighted by Crippen LogP contribution is -2.42. The predicted octanol–water partition coefficient (Wildman–Crippen LogP) is 8.07. The first kappa shape index (κ1) is 27.8. The zero-order valence-corrected chi connectivity index (χ0v) is 20.6. The first-order chi connectivity index (χ1) is 13.7. The van der Waals surface area contributed by atoms with E-state index in [4.69, 9.17) is 13.3 Å². The van der Waals surface area contributed by atoms with Crippen molar-refractivity contribution in [3.63, 3.8) is 0 Å². The molecule has 0 aromatic rings. The van der Waals surface area contributed by atoms with Gasteiger partial charge in [-0.25, -0.2) is 0 Å². The van der Waals surface area contributed by atoms with Gasteiger partial charge in [-0.2, -0.15) is 0 Å². The summed E-state index contributed by atoms with van der Waals surface area (Å²) in [6.07, 6.45) is 27.8. The molecule has 0 N–H and O–H groups in total. The lowest BCUT2D eigenvalue weighted by Gasteiger charge is -2.24. The molecule has 0 unspecified atom stereocenters. The van der Waals surface area contributed by atoms with Crippen molar-refractivity contribution in [3.8, 4) is 0 Å². The Kier molecular flexibility index (Phi) is 21.4. The molecule has 3 nitrogen and oxygen atoms in total. The largest absolute Gasteiger partial charge is 0.500 e. The predicted molar refractivity (Wildman–Crippen MR) is 125 cm³/mol. The second-order valence-corrected chi connectivity index (χ2v) is 11.1. The Morgan fingerprint density at radius 3 is 1.25 bits per heavy atom. The van der Waals surface area contributed by atoms with Crippen molar-refractivity contribution in [2.45, 2.75) is 122 Å². The van der Waals surface area contributed by atoms with Crippen molar-refractivity contribution >= 4 is 8.80 Å². The molecule has 0 atom stereocenters. The summed E-state index contributed by atoms with van der Waals surface area (Å²) >= 11 is 0. The molecule has 168 valence electrons. The first-order valence-corrected chi connectivity index (χ1v) is 14.0. The summed E-state index contributed by atoms with van der Waals surface area (Å²) < 4.78 is 16.4. The van der Waals surface area contributed by atoms with E-state index >= 15 is 0 Å². The highest BCUT2D eigenvalue weighted by Crippen LogP contribution is 2.18. The zero-order valence-electron chi connectivity index (χ0n) is 19.6. The van der Waals surface area contributed by atoms with Crippen LogP contribution in [0.25, 0.3) is 0 Å². The highest BCUT2D eigenvalue weighted by Gasteiger charge is 2.36. The second-order valence-electron chi connectivity index (χ2n) is 8.04. The molecule has 0 amide bonds. The standard InChI is InChI=1S/C24H50O3Si/c1-5-6-7-8-9-10-11-12-13-14-15-16-17-18-19-20-21-22-23-24-28(25-2,26-3)27-4/h12-13H,5-11,14-24H2,1-4H3/b13-12-. The van der Waals surface area contributed by atoms with Gasteiger partial charge in [-0.15, -0.1) is 0 Å². The first-order valence-electron chi connectivity index (χ1n) is 12.0. The molecule has 0 saturated carbocycles.